The number of aromatic carboxylic acids is 1. The first-order valence-corrected chi connectivity index (χ1v) is 7.46. The largest absolute Gasteiger partial charge is 0.478 e. The summed E-state index contributed by atoms with van der Waals surface area (Å²) in [5.41, 5.74) is 0.378. The highest BCUT2D eigenvalue weighted by atomic mass is 32.1. The normalized spacial score (nSPS) is 10.3. The topological polar surface area (TPSA) is 111 Å². The van der Waals surface area contributed by atoms with Crippen LogP contribution in [0.25, 0.3) is 0 Å². The molecule has 122 valence electrons. The maximum absolute atomic E-state index is 12.0. The molecule has 0 aliphatic rings. The number of methoxy groups -OCH3 is 1. The number of hydrogen-bond donors (Lipinski definition) is 2. The van der Waals surface area contributed by atoms with E-state index in [9.17, 15) is 14.4 Å². The lowest BCUT2D eigenvalue weighted by atomic mass is 10.3. The smallest absolute Gasteiger partial charge is 0.340 e. The number of hydrogen-bond acceptors (Lipinski definition) is 6. The Morgan fingerprint density at radius 2 is 2.17 bits per heavy atom. The number of aromatic nitrogens is 2. The molecule has 0 aromatic carbocycles. The standard InChI is InChI=1S/C14H15N3O5S/c1-8-5-10(14(21)22-2)12(23-8)16-11(18)3-4-17-7-9(6-15-17)13(19)20/h5-7H,3-4H2,1-2H3,(H,16,18)(H,19,20). The molecule has 2 aromatic rings. The first-order chi connectivity index (χ1) is 10.9. The number of carboxylic acids is 1. The second-order valence-corrected chi connectivity index (χ2v) is 5.94. The summed E-state index contributed by atoms with van der Waals surface area (Å²) in [4.78, 5) is 35.2. The number of esters is 1. The van der Waals surface area contributed by atoms with Gasteiger partial charge in [0.1, 0.15) is 5.00 Å². The summed E-state index contributed by atoms with van der Waals surface area (Å²) in [6.45, 7) is 2.06. The lowest BCUT2D eigenvalue weighted by Crippen LogP contribution is -2.16. The first-order valence-electron chi connectivity index (χ1n) is 6.65. The number of carbonyl (C=O) groups is 3. The molecule has 8 nitrogen and oxygen atoms in total. The van der Waals surface area contributed by atoms with Crippen molar-refractivity contribution in [3.05, 3.63) is 34.5 Å². The van der Waals surface area contributed by atoms with Crippen molar-refractivity contribution in [2.45, 2.75) is 19.9 Å². The van der Waals surface area contributed by atoms with Crippen molar-refractivity contribution in [2.24, 2.45) is 0 Å². The van der Waals surface area contributed by atoms with Gasteiger partial charge in [-0.3, -0.25) is 9.48 Å². The van der Waals surface area contributed by atoms with Crippen LogP contribution in [0, 0.1) is 6.92 Å². The molecule has 0 fully saturated rings. The zero-order chi connectivity index (χ0) is 17.0. The molecule has 0 spiro atoms. The third-order valence-corrected chi connectivity index (χ3v) is 3.93. The summed E-state index contributed by atoms with van der Waals surface area (Å²) < 4.78 is 6.05. The van der Waals surface area contributed by atoms with Crippen molar-refractivity contribution in [3.8, 4) is 0 Å². The van der Waals surface area contributed by atoms with Gasteiger partial charge in [0, 0.05) is 24.0 Å². The summed E-state index contributed by atoms with van der Waals surface area (Å²) >= 11 is 1.28. The Hall–Kier alpha value is -2.68. The first kappa shape index (κ1) is 16.7. The van der Waals surface area contributed by atoms with E-state index < -0.39 is 11.9 Å². The van der Waals surface area contributed by atoms with Crippen LogP contribution in [0.15, 0.2) is 18.5 Å². The van der Waals surface area contributed by atoms with Crippen molar-refractivity contribution >= 4 is 34.2 Å². The molecule has 1 amide bonds. The van der Waals surface area contributed by atoms with Gasteiger partial charge in [-0.15, -0.1) is 11.3 Å². The minimum Gasteiger partial charge on any atom is -0.478 e. The maximum Gasteiger partial charge on any atom is 0.340 e. The van der Waals surface area contributed by atoms with Gasteiger partial charge in [0.25, 0.3) is 0 Å². The van der Waals surface area contributed by atoms with Gasteiger partial charge in [-0.05, 0) is 13.0 Å². The molecule has 2 rings (SSSR count). The molecular weight excluding hydrogens is 322 g/mol. The van der Waals surface area contributed by atoms with Crippen LogP contribution in [0.3, 0.4) is 0 Å². The number of anilines is 1. The number of rotatable bonds is 6. The van der Waals surface area contributed by atoms with E-state index in [0.717, 1.165) is 4.88 Å². The molecule has 23 heavy (non-hydrogen) atoms. The molecule has 0 unspecified atom stereocenters. The van der Waals surface area contributed by atoms with E-state index in [4.69, 9.17) is 5.11 Å². The van der Waals surface area contributed by atoms with E-state index in [1.54, 1.807) is 6.07 Å². The van der Waals surface area contributed by atoms with Gasteiger partial charge in [-0.2, -0.15) is 5.10 Å². The van der Waals surface area contributed by atoms with Crippen molar-refractivity contribution in [1.29, 1.82) is 0 Å². The van der Waals surface area contributed by atoms with Crippen LogP contribution in [0.5, 0.6) is 0 Å². The summed E-state index contributed by atoms with van der Waals surface area (Å²) in [6.07, 6.45) is 2.67. The minimum absolute atomic E-state index is 0.0623. The molecule has 2 heterocycles. The lowest BCUT2D eigenvalue weighted by molar-refractivity contribution is -0.116. The van der Waals surface area contributed by atoms with E-state index in [0.29, 0.717) is 10.6 Å². The highest BCUT2D eigenvalue weighted by Crippen LogP contribution is 2.28. The van der Waals surface area contributed by atoms with Crippen LogP contribution < -0.4 is 5.32 Å². The van der Waals surface area contributed by atoms with E-state index >= 15 is 0 Å². The van der Waals surface area contributed by atoms with Crippen molar-refractivity contribution in [3.63, 3.8) is 0 Å². The fourth-order valence-electron chi connectivity index (χ4n) is 1.87. The van der Waals surface area contributed by atoms with Crippen LogP contribution in [-0.2, 0) is 16.1 Å². The van der Waals surface area contributed by atoms with Crippen LogP contribution in [0.1, 0.15) is 32.0 Å². The molecule has 9 heteroatoms. The highest BCUT2D eigenvalue weighted by Gasteiger charge is 2.17. The molecule has 2 N–H and O–H groups in total. The highest BCUT2D eigenvalue weighted by molar-refractivity contribution is 7.16. The average molecular weight is 337 g/mol. The van der Waals surface area contributed by atoms with Gasteiger partial charge in [0.15, 0.2) is 0 Å². The number of thiophene rings is 1. The third-order valence-electron chi connectivity index (χ3n) is 2.96. The minimum atomic E-state index is -1.07. The second-order valence-electron chi connectivity index (χ2n) is 4.69. The van der Waals surface area contributed by atoms with Crippen molar-refractivity contribution < 1.29 is 24.2 Å². The fourth-order valence-corrected chi connectivity index (χ4v) is 2.79. The number of carbonyl (C=O) groups excluding carboxylic acids is 2. The number of nitrogens with one attached hydrogen (secondary N) is 1. The number of aryl methyl sites for hydroxylation is 2. The predicted molar refractivity (Wildman–Crippen MR) is 82.8 cm³/mol. The Kier molecular flexibility index (Phi) is 5.12. The maximum atomic E-state index is 12.0. The number of amides is 1. The van der Waals surface area contributed by atoms with Gasteiger partial charge >= 0.3 is 11.9 Å². The Balaban J connectivity index is 1.97. The van der Waals surface area contributed by atoms with Gasteiger partial charge in [-0.1, -0.05) is 0 Å². The van der Waals surface area contributed by atoms with E-state index in [-0.39, 0.29) is 24.4 Å². The Morgan fingerprint density at radius 3 is 2.78 bits per heavy atom. The quantitative estimate of drug-likeness (QED) is 0.777. The zero-order valence-corrected chi connectivity index (χ0v) is 13.3. The molecule has 0 saturated heterocycles. The Morgan fingerprint density at radius 1 is 1.43 bits per heavy atom. The van der Waals surface area contributed by atoms with Gasteiger partial charge < -0.3 is 15.2 Å². The molecule has 0 bridgehead atoms. The average Bonchev–Trinajstić information content (AvgIpc) is 3.11. The summed E-state index contributed by atoms with van der Waals surface area (Å²) in [5.74, 6) is -1.88. The number of ether oxygens (including phenoxy) is 1. The van der Waals surface area contributed by atoms with Crippen molar-refractivity contribution in [2.75, 3.05) is 12.4 Å². The van der Waals surface area contributed by atoms with E-state index in [1.165, 1.54) is 35.5 Å². The number of carboxylic acid groups (broad SMARTS) is 1. The van der Waals surface area contributed by atoms with E-state index in [1.807, 2.05) is 6.92 Å². The molecule has 0 aliphatic carbocycles. The van der Waals surface area contributed by atoms with Crippen LogP contribution in [0.2, 0.25) is 0 Å². The molecule has 2 aromatic heterocycles. The molecule has 0 aliphatic heterocycles. The predicted octanol–water partition coefficient (Wildman–Crippen LogP) is 1.77. The zero-order valence-electron chi connectivity index (χ0n) is 12.5. The third kappa shape index (κ3) is 4.16. The van der Waals surface area contributed by atoms with Crippen LogP contribution >= 0.6 is 11.3 Å². The Bertz CT molecular complexity index is 749. The van der Waals surface area contributed by atoms with Crippen LogP contribution in [-0.4, -0.2) is 39.8 Å². The van der Waals surface area contributed by atoms with Gasteiger partial charge in [0.2, 0.25) is 5.91 Å². The molecule has 0 atom stereocenters. The monoisotopic (exact) mass is 337 g/mol. The second kappa shape index (κ2) is 7.05. The van der Waals surface area contributed by atoms with Crippen LogP contribution in [0.4, 0.5) is 5.00 Å². The molecule has 0 saturated carbocycles. The summed E-state index contributed by atoms with van der Waals surface area (Å²) in [6, 6.07) is 1.65. The summed E-state index contributed by atoms with van der Waals surface area (Å²) in [5, 5.41) is 15.8. The number of nitrogens with zero attached hydrogens (tertiary/aromatic N) is 2. The fraction of sp³-hybridized carbons (Fsp3) is 0.286. The van der Waals surface area contributed by atoms with Gasteiger partial charge in [0.05, 0.1) is 24.4 Å². The van der Waals surface area contributed by atoms with E-state index in [2.05, 4.69) is 15.2 Å². The SMILES string of the molecule is COC(=O)c1cc(C)sc1NC(=O)CCn1cc(C(=O)O)cn1. The summed E-state index contributed by atoms with van der Waals surface area (Å²) in [7, 11) is 1.28. The van der Waals surface area contributed by atoms with Gasteiger partial charge in [-0.25, -0.2) is 9.59 Å². The lowest BCUT2D eigenvalue weighted by Gasteiger charge is -2.05. The van der Waals surface area contributed by atoms with Crippen molar-refractivity contribution in [1.82, 2.24) is 9.78 Å². The Labute approximate surface area is 135 Å². The molecular formula is C14H15N3O5S. The molecule has 0 radical (unpaired) electrons.